The second kappa shape index (κ2) is 8.88. The Hall–Kier alpha value is -3.51. The van der Waals surface area contributed by atoms with Crippen LogP contribution in [0.25, 0.3) is 11.4 Å². The quantitative estimate of drug-likeness (QED) is 0.462. The van der Waals surface area contributed by atoms with Crippen molar-refractivity contribution in [3.8, 4) is 11.4 Å². The van der Waals surface area contributed by atoms with Gasteiger partial charge in [0, 0.05) is 22.6 Å². The fourth-order valence-corrected chi connectivity index (χ4v) is 3.14. The molecule has 0 aliphatic rings. The summed E-state index contributed by atoms with van der Waals surface area (Å²) in [6, 6.07) is 21.6. The zero-order valence-corrected chi connectivity index (χ0v) is 16.5. The normalized spacial score (nSPS) is 11.8. The molecule has 0 spiro atoms. The van der Waals surface area contributed by atoms with E-state index < -0.39 is 17.8 Å². The van der Waals surface area contributed by atoms with Crippen molar-refractivity contribution in [3.05, 3.63) is 107 Å². The molecule has 7 heteroatoms. The van der Waals surface area contributed by atoms with Gasteiger partial charge in [-0.1, -0.05) is 53.2 Å². The van der Waals surface area contributed by atoms with E-state index in [0.29, 0.717) is 17.3 Å². The third-order valence-electron chi connectivity index (χ3n) is 4.52. The molecule has 1 N–H and O–H groups in total. The van der Waals surface area contributed by atoms with E-state index in [0.717, 1.165) is 11.1 Å². The molecular weight excluding hydrogens is 405 g/mol. The van der Waals surface area contributed by atoms with E-state index in [-0.39, 0.29) is 11.5 Å². The van der Waals surface area contributed by atoms with Crippen molar-refractivity contribution in [1.82, 2.24) is 15.5 Å². The number of carbonyl (C=O) groups is 1. The Bertz CT molecular complexity index is 1150. The smallest absolute Gasteiger partial charge is 0.252 e. The van der Waals surface area contributed by atoms with Gasteiger partial charge < -0.3 is 9.84 Å². The number of nitrogens with zero attached hydrogens (tertiary/aromatic N) is 2. The first-order valence-electron chi connectivity index (χ1n) is 9.28. The molecule has 0 bridgehead atoms. The third-order valence-corrected chi connectivity index (χ3v) is 4.77. The average molecular weight is 422 g/mol. The van der Waals surface area contributed by atoms with Crippen molar-refractivity contribution in [2.24, 2.45) is 0 Å². The van der Waals surface area contributed by atoms with Gasteiger partial charge in [-0.25, -0.2) is 4.39 Å². The van der Waals surface area contributed by atoms with Gasteiger partial charge in [0.25, 0.3) is 5.91 Å². The highest BCUT2D eigenvalue weighted by molar-refractivity contribution is 6.30. The van der Waals surface area contributed by atoms with E-state index in [1.807, 2.05) is 30.3 Å². The van der Waals surface area contributed by atoms with Crippen molar-refractivity contribution in [3.63, 3.8) is 0 Å². The Morgan fingerprint density at radius 1 is 1.03 bits per heavy atom. The van der Waals surface area contributed by atoms with Gasteiger partial charge in [0.15, 0.2) is 0 Å². The molecule has 4 aromatic rings. The number of amides is 1. The fourth-order valence-electron chi connectivity index (χ4n) is 3.01. The van der Waals surface area contributed by atoms with E-state index in [1.54, 1.807) is 30.3 Å². The van der Waals surface area contributed by atoms with Gasteiger partial charge in [-0.2, -0.15) is 4.98 Å². The maximum atomic E-state index is 13.5. The van der Waals surface area contributed by atoms with Crippen LogP contribution in [-0.2, 0) is 6.42 Å². The summed E-state index contributed by atoms with van der Waals surface area (Å²) < 4.78 is 19.0. The molecule has 150 valence electrons. The van der Waals surface area contributed by atoms with Crippen molar-refractivity contribution < 1.29 is 13.7 Å². The van der Waals surface area contributed by atoms with Crippen LogP contribution in [0.2, 0.25) is 5.02 Å². The monoisotopic (exact) mass is 421 g/mol. The highest BCUT2D eigenvalue weighted by atomic mass is 35.5. The number of rotatable bonds is 6. The number of halogens is 2. The first-order valence-corrected chi connectivity index (χ1v) is 9.66. The number of hydrogen-bond donors (Lipinski definition) is 1. The van der Waals surface area contributed by atoms with Crippen LogP contribution in [0, 0.1) is 5.82 Å². The van der Waals surface area contributed by atoms with Crippen LogP contribution in [-0.4, -0.2) is 16.0 Å². The van der Waals surface area contributed by atoms with Crippen LogP contribution >= 0.6 is 11.6 Å². The molecule has 0 aliphatic heterocycles. The Labute approximate surface area is 177 Å². The molecule has 1 heterocycles. The maximum absolute atomic E-state index is 13.5. The molecule has 0 aliphatic carbocycles. The van der Waals surface area contributed by atoms with Crippen LogP contribution in [0.15, 0.2) is 83.4 Å². The minimum Gasteiger partial charge on any atom is -0.340 e. The van der Waals surface area contributed by atoms with E-state index >= 15 is 0 Å². The van der Waals surface area contributed by atoms with Crippen molar-refractivity contribution in [2.75, 3.05) is 0 Å². The fraction of sp³-hybridized carbons (Fsp3) is 0.0870. The lowest BCUT2D eigenvalue weighted by molar-refractivity contribution is 0.0927. The van der Waals surface area contributed by atoms with Gasteiger partial charge >= 0.3 is 0 Å². The molecule has 3 aromatic carbocycles. The second-order valence-electron chi connectivity index (χ2n) is 6.69. The maximum Gasteiger partial charge on any atom is 0.252 e. The summed E-state index contributed by atoms with van der Waals surface area (Å²) in [5.74, 6) is -0.264. The zero-order chi connectivity index (χ0) is 20.9. The number of aromatic nitrogens is 2. The van der Waals surface area contributed by atoms with Gasteiger partial charge in [-0.15, -0.1) is 0 Å². The summed E-state index contributed by atoms with van der Waals surface area (Å²) in [5.41, 5.74) is 1.93. The minimum absolute atomic E-state index is 0.213. The molecule has 0 saturated heterocycles. The Morgan fingerprint density at radius 2 is 1.80 bits per heavy atom. The predicted molar refractivity (Wildman–Crippen MR) is 111 cm³/mol. The predicted octanol–water partition coefficient (Wildman–Crippen LogP) is 5.24. The summed E-state index contributed by atoms with van der Waals surface area (Å²) in [5, 5.41) is 7.51. The van der Waals surface area contributed by atoms with Gasteiger partial charge in [-0.05, 0) is 48.0 Å². The summed E-state index contributed by atoms with van der Waals surface area (Å²) in [4.78, 5) is 17.2. The molecule has 0 fully saturated rings. The summed E-state index contributed by atoms with van der Waals surface area (Å²) in [6.07, 6.45) is 0.435. The van der Waals surface area contributed by atoms with E-state index in [4.69, 9.17) is 16.1 Å². The number of benzene rings is 3. The van der Waals surface area contributed by atoms with Crippen LogP contribution in [0.5, 0.6) is 0 Å². The van der Waals surface area contributed by atoms with E-state index in [9.17, 15) is 9.18 Å². The lowest BCUT2D eigenvalue weighted by Gasteiger charge is -2.15. The van der Waals surface area contributed by atoms with Crippen molar-refractivity contribution >= 4 is 17.5 Å². The number of carbonyl (C=O) groups excluding carboxylic acids is 1. The lowest BCUT2D eigenvalue weighted by atomic mass is 10.1. The first-order chi connectivity index (χ1) is 14.6. The van der Waals surface area contributed by atoms with Crippen molar-refractivity contribution in [1.29, 1.82) is 0 Å². The molecule has 5 nitrogen and oxygen atoms in total. The molecule has 1 aromatic heterocycles. The molecule has 0 radical (unpaired) electrons. The second-order valence-corrected chi connectivity index (χ2v) is 7.13. The highest BCUT2D eigenvalue weighted by Crippen LogP contribution is 2.23. The van der Waals surface area contributed by atoms with E-state index in [2.05, 4.69) is 15.5 Å². The van der Waals surface area contributed by atoms with Crippen LogP contribution in [0.4, 0.5) is 4.39 Å². The van der Waals surface area contributed by atoms with Gasteiger partial charge in [-0.3, -0.25) is 4.79 Å². The van der Waals surface area contributed by atoms with Crippen LogP contribution in [0.3, 0.4) is 0 Å². The SMILES string of the molecule is O=C(NC(Cc1ccccc1)c1nc(-c2ccc(Cl)cc2)no1)c1cccc(F)c1. The average Bonchev–Trinajstić information content (AvgIpc) is 3.25. The van der Waals surface area contributed by atoms with Gasteiger partial charge in [0.2, 0.25) is 11.7 Å². The molecule has 1 atom stereocenters. The highest BCUT2D eigenvalue weighted by Gasteiger charge is 2.23. The van der Waals surface area contributed by atoms with Crippen LogP contribution < -0.4 is 5.32 Å². The Morgan fingerprint density at radius 3 is 2.53 bits per heavy atom. The molecule has 1 unspecified atom stereocenters. The lowest BCUT2D eigenvalue weighted by Crippen LogP contribution is -2.30. The van der Waals surface area contributed by atoms with Crippen LogP contribution in [0.1, 0.15) is 27.9 Å². The van der Waals surface area contributed by atoms with Gasteiger partial charge in [0.1, 0.15) is 11.9 Å². The topological polar surface area (TPSA) is 68.0 Å². The summed E-state index contributed by atoms with van der Waals surface area (Å²) in [7, 11) is 0. The molecule has 4 rings (SSSR count). The van der Waals surface area contributed by atoms with E-state index in [1.165, 1.54) is 18.2 Å². The summed E-state index contributed by atoms with van der Waals surface area (Å²) in [6.45, 7) is 0. The zero-order valence-electron chi connectivity index (χ0n) is 15.8. The number of nitrogens with one attached hydrogen (secondary N) is 1. The molecule has 0 saturated carbocycles. The molecule has 30 heavy (non-hydrogen) atoms. The molecular formula is C23H17ClFN3O2. The largest absolute Gasteiger partial charge is 0.340 e. The Balaban J connectivity index is 1.62. The van der Waals surface area contributed by atoms with Crippen molar-refractivity contribution in [2.45, 2.75) is 12.5 Å². The number of hydrogen-bond acceptors (Lipinski definition) is 4. The molecule has 1 amide bonds. The van der Waals surface area contributed by atoms with Gasteiger partial charge in [0.05, 0.1) is 0 Å². The Kier molecular flexibility index (Phi) is 5.86. The minimum atomic E-state index is -0.586. The third kappa shape index (κ3) is 4.72. The first kappa shape index (κ1) is 19.8. The summed E-state index contributed by atoms with van der Waals surface area (Å²) >= 11 is 5.93. The standard InChI is InChI=1S/C23H17ClFN3O2/c24-18-11-9-16(10-12-18)21-27-23(30-28-21)20(13-15-5-2-1-3-6-15)26-22(29)17-7-4-8-19(25)14-17/h1-12,14,20H,13H2,(H,26,29).